The van der Waals surface area contributed by atoms with Crippen molar-refractivity contribution < 1.29 is 24.5 Å². The highest BCUT2D eigenvalue weighted by Crippen LogP contribution is 2.30. The fourth-order valence-corrected chi connectivity index (χ4v) is 2.13. The number of aromatic nitrogens is 1. The van der Waals surface area contributed by atoms with Crippen molar-refractivity contribution in [2.75, 3.05) is 11.9 Å². The molecule has 0 aliphatic rings. The second-order valence-corrected chi connectivity index (χ2v) is 4.74. The van der Waals surface area contributed by atoms with Crippen molar-refractivity contribution in [3.8, 4) is 5.75 Å². The summed E-state index contributed by atoms with van der Waals surface area (Å²) in [5.74, 6) is -2.18. The molecule has 2 N–H and O–H groups in total. The summed E-state index contributed by atoms with van der Waals surface area (Å²) in [7, 11) is 0. The maximum Gasteiger partial charge on any atom is 0.354 e. The van der Waals surface area contributed by atoms with Gasteiger partial charge in [0.05, 0.1) is 6.61 Å². The number of carboxylic acid groups (broad SMARTS) is 2. The van der Waals surface area contributed by atoms with Crippen LogP contribution in [0.25, 0.3) is 0 Å². The zero-order valence-electron chi connectivity index (χ0n) is 11.3. The highest BCUT2D eigenvalue weighted by atomic mass is 79.9. The minimum absolute atomic E-state index is 0.258. The van der Waals surface area contributed by atoms with E-state index < -0.39 is 11.9 Å². The van der Waals surface area contributed by atoms with Crippen LogP contribution in [0.2, 0.25) is 0 Å². The van der Waals surface area contributed by atoms with E-state index >= 15 is 0 Å². The molecule has 1 aromatic heterocycles. The van der Waals surface area contributed by atoms with Gasteiger partial charge >= 0.3 is 11.9 Å². The first kappa shape index (κ1) is 16.4. The maximum atomic E-state index is 11.3. The summed E-state index contributed by atoms with van der Waals surface area (Å²) >= 11 is 3.22. The van der Waals surface area contributed by atoms with Gasteiger partial charge in [0.1, 0.15) is 5.75 Å². The van der Waals surface area contributed by atoms with Crippen molar-refractivity contribution in [2.24, 2.45) is 0 Å². The lowest BCUT2D eigenvalue weighted by Crippen LogP contribution is -2.17. The van der Waals surface area contributed by atoms with Crippen molar-refractivity contribution in [1.82, 2.24) is 4.98 Å². The van der Waals surface area contributed by atoms with Crippen LogP contribution in [0.15, 0.2) is 0 Å². The van der Waals surface area contributed by atoms with Crippen LogP contribution < -0.4 is 4.74 Å². The van der Waals surface area contributed by atoms with Gasteiger partial charge in [-0.2, -0.15) is 0 Å². The molecular weight excluding hydrogens is 330 g/mol. The van der Waals surface area contributed by atoms with Gasteiger partial charge in [0, 0.05) is 16.5 Å². The third-order valence-corrected chi connectivity index (χ3v) is 3.10. The summed E-state index contributed by atoms with van der Waals surface area (Å²) in [6.07, 6.45) is 0.804. The fourth-order valence-electron chi connectivity index (χ4n) is 1.97. The number of alkyl halides is 1. The Kier molecular flexibility index (Phi) is 5.94. The normalized spacial score (nSPS) is 10.3. The van der Waals surface area contributed by atoms with Crippen LogP contribution in [0, 0.1) is 0 Å². The van der Waals surface area contributed by atoms with E-state index in [-0.39, 0.29) is 11.4 Å². The molecule has 20 heavy (non-hydrogen) atoms. The van der Waals surface area contributed by atoms with Crippen LogP contribution in [-0.4, -0.2) is 39.1 Å². The Balaban J connectivity index is 3.62. The number of pyridine rings is 1. The van der Waals surface area contributed by atoms with E-state index in [2.05, 4.69) is 20.9 Å². The third-order valence-electron chi connectivity index (χ3n) is 2.78. The molecule has 0 radical (unpaired) electrons. The molecule has 0 fully saturated rings. The molecule has 1 heterocycles. The van der Waals surface area contributed by atoms with Crippen LogP contribution in [0.5, 0.6) is 5.75 Å². The SMILES string of the molecule is CCc1c(C(=O)O)nc(C(=O)O)c(CC)c1OCCBr. The van der Waals surface area contributed by atoms with Gasteiger partial charge in [-0.25, -0.2) is 14.6 Å². The van der Waals surface area contributed by atoms with E-state index in [4.69, 9.17) is 4.74 Å². The quantitative estimate of drug-likeness (QED) is 0.736. The fraction of sp³-hybridized carbons (Fsp3) is 0.462. The minimum Gasteiger partial charge on any atom is -0.492 e. The summed E-state index contributed by atoms with van der Waals surface area (Å²) in [6, 6.07) is 0. The average Bonchev–Trinajstić information content (AvgIpc) is 2.42. The highest BCUT2D eigenvalue weighted by molar-refractivity contribution is 9.09. The molecule has 0 saturated heterocycles. The molecule has 1 aromatic rings. The van der Waals surface area contributed by atoms with Crippen molar-refractivity contribution >= 4 is 27.9 Å². The van der Waals surface area contributed by atoms with E-state index in [9.17, 15) is 19.8 Å². The monoisotopic (exact) mass is 345 g/mol. The number of nitrogens with zero attached hydrogens (tertiary/aromatic N) is 1. The van der Waals surface area contributed by atoms with Gasteiger partial charge in [-0.05, 0) is 12.8 Å². The average molecular weight is 346 g/mol. The molecule has 0 aliphatic carbocycles. The molecule has 0 spiro atoms. The summed E-state index contributed by atoms with van der Waals surface area (Å²) in [4.78, 5) is 26.3. The topological polar surface area (TPSA) is 96.7 Å². The predicted octanol–water partition coefficient (Wildman–Crippen LogP) is 2.38. The first-order valence-electron chi connectivity index (χ1n) is 6.18. The van der Waals surface area contributed by atoms with Crippen LogP contribution in [-0.2, 0) is 12.8 Å². The molecule has 0 aliphatic heterocycles. The Morgan fingerprint density at radius 2 is 1.55 bits per heavy atom. The molecule has 110 valence electrons. The van der Waals surface area contributed by atoms with Crippen molar-refractivity contribution in [2.45, 2.75) is 26.7 Å². The number of hydrogen-bond acceptors (Lipinski definition) is 4. The molecule has 0 bridgehead atoms. The first-order chi connectivity index (χ1) is 9.47. The van der Waals surface area contributed by atoms with Crippen LogP contribution >= 0.6 is 15.9 Å². The van der Waals surface area contributed by atoms with Crippen LogP contribution in [0.4, 0.5) is 0 Å². The Morgan fingerprint density at radius 3 is 1.85 bits per heavy atom. The summed E-state index contributed by atoms with van der Waals surface area (Å²) < 4.78 is 5.57. The van der Waals surface area contributed by atoms with Gasteiger partial charge in [-0.1, -0.05) is 29.8 Å². The zero-order valence-corrected chi connectivity index (χ0v) is 12.9. The van der Waals surface area contributed by atoms with Gasteiger partial charge < -0.3 is 14.9 Å². The van der Waals surface area contributed by atoms with Crippen LogP contribution in [0.3, 0.4) is 0 Å². The number of carbonyl (C=O) groups is 2. The summed E-state index contributed by atoms with van der Waals surface area (Å²) in [6.45, 7) is 3.89. The van der Waals surface area contributed by atoms with Gasteiger partial charge in [0.25, 0.3) is 0 Å². The molecule has 0 aromatic carbocycles. The largest absolute Gasteiger partial charge is 0.492 e. The maximum absolute atomic E-state index is 11.3. The number of halogens is 1. The van der Waals surface area contributed by atoms with Crippen molar-refractivity contribution in [1.29, 1.82) is 0 Å². The lowest BCUT2D eigenvalue weighted by molar-refractivity contribution is 0.0682. The van der Waals surface area contributed by atoms with Gasteiger partial charge in [-0.15, -0.1) is 0 Å². The second-order valence-electron chi connectivity index (χ2n) is 3.95. The van der Waals surface area contributed by atoms with Gasteiger partial charge in [-0.3, -0.25) is 0 Å². The van der Waals surface area contributed by atoms with E-state index in [1.807, 2.05) is 0 Å². The summed E-state index contributed by atoms with van der Waals surface area (Å²) in [5, 5.41) is 19.0. The van der Waals surface area contributed by atoms with Crippen molar-refractivity contribution in [3.05, 3.63) is 22.5 Å². The first-order valence-corrected chi connectivity index (χ1v) is 7.31. The molecule has 0 unspecified atom stereocenters. The van der Waals surface area contributed by atoms with E-state index in [1.165, 1.54) is 0 Å². The highest BCUT2D eigenvalue weighted by Gasteiger charge is 2.25. The standard InChI is InChI=1S/C13H16BrNO5/c1-3-7-9(12(16)17)15-10(13(18)19)8(4-2)11(7)20-6-5-14/h3-6H2,1-2H3,(H,16,17)(H,18,19). The zero-order chi connectivity index (χ0) is 15.3. The Labute approximate surface area is 124 Å². The Bertz CT molecular complexity index is 490. The minimum atomic E-state index is -1.25. The number of ether oxygens (including phenoxy) is 1. The van der Waals surface area contributed by atoms with Crippen LogP contribution in [0.1, 0.15) is 46.0 Å². The molecular formula is C13H16BrNO5. The number of carboxylic acids is 2. The molecule has 0 amide bonds. The molecule has 7 heteroatoms. The van der Waals surface area contributed by atoms with Crippen molar-refractivity contribution in [3.63, 3.8) is 0 Å². The van der Waals surface area contributed by atoms with Gasteiger partial charge in [0.15, 0.2) is 11.4 Å². The Morgan fingerprint density at radius 1 is 1.10 bits per heavy atom. The molecule has 0 saturated carbocycles. The van der Waals surface area contributed by atoms with E-state index in [0.29, 0.717) is 41.7 Å². The number of rotatable bonds is 7. The van der Waals surface area contributed by atoms with E-state index in [1.54, 1.807) is 13.8 Å². The molecule has 0 atom stereocenters. The number of aromatic carboxylic acids is 2. The van der Waals surface area contributed by atoms with Gasteiger partial charge in [0.2, 0.25) is 0 Å². The molecule has 1 rings (SSSR count). The lowest BCUT2D eigenvalue weighted by Gasteiger charge is -2.17. The smallest absolute Gasteiger partial charge is 0.354 e. The third kappa shape index (κ3) is 3.27. The van der Waals surface area contributed by atoms with E-state index in [0.717, 1.165) is 0 Å². The number of hydrogen-bond donors (Lipinski definition) is 2. The second kappa shape index (κ2) is 7.23. The Hall–Kier alpha value is -1.63. The lowest BCUT2D eigenvalue weighted by atomic mass is 10.0. The predicted molar refractivity (Wildman–Crippen MR) is 76.2 cm³/mol. The summed E-state index contributed by atoms with van der Waals surface area (Å²) in [5.41, 5.74) is 0.346. The molecule has 6 nitrogen and oxygen atoms in total.